The Labute approximate surface area is 178 Å². The molecule has 0 bridgehead atoms. The molecule has 1 aliphatic heterocycles. The monoisotopic (exact) mass is 457 g/mol. The molecule has 13 nitrogen and oxygen atoms in total. The van der Waals surface area contributed by atoms with Crippen LogP contribution in [-0.4, -0.2) is 74.2 Å². The zero-order valence-electron chi connectivity index (χ0n) is 17.1. The topological polar surface area (TPSA) is 209 Å². The quantitative estimate of drug-likeness (QED) is 0.300. The molecule has 1 saturated heterocycles. The molecule has 172 valence electrons. The summed E-state index contributed by atoms with van der Waals surface area (Å²) in [5, 5.41) is 20.8. The van der Waals surface area contributed by atoms with Crippen LogP contribution in [0.1, 0.15) is 32.9 Å². The number of rotatable bonds is 8. The molecule has 2 aromatic heterocycles. The molecule has 0 unspecified atom stereocenters. The maximum Gasteiger partial charge on any atom is 0.250 e. The van der Waals surface area contributed by atoms with Crippen LogP contribution < -0.4 is 16.2 Å². The Kier molecular flexibility index (Phi) is 6.76. The molecule has 14 heteroatoms. The predicted molar refractivity (Wildman–Crippen MR) is 110 cm³/mol. The van der Waals surface area contributed by atoms with Gasteiger partial charge in [0.25, 0.3) is 5.91 Å². The second kappa shape index (κ2) is 9.00. The van der Waals surface area contributed by atoms with Gasteiger partial charge in [-0.25, -0.2) is 23.4 Å². The molecule has 1 fully saturated rings. The van der Waals surface area contributed by atoms with Gasteiger partial charge in [-0.05, 0) is 12.3 Å². The number of carbonyl (C=O) groups excluding carboxylic acids is 1. The number of fused-ring (bicyclic) bond motifs is 1. The molecular weight excluding hydrogens is 430 g/mol. The van der Waals surface area contributed by atoms with Crippen molar-refractivity contribution in [3.63, 3.8) is 0 Å². The van der Waals surface area contributed by atoms with Gasteiger partial charge in [0.05, 0.1) is 24.2 Å². The van der Waals surface area contributed by atoms with Gasteiger partial charge in [0.1, 0.15) is 24.1 Å². The number of amides is 1. The van der Waals surface area contributed by atoms with Gasteiger partial charge in [-0.3, -0.25) is 14.1 Å². The Hall–Kier alpha value is -2.39. The van der Waals surface area contributed by atoms with E-state index in [0.29, 0.717) is 17.6 Å². The molecule has 1 aliphatic rings. The minimum atomic E-state index is -4.02. The van der Waals surface area contributed by atoms with Crippen molar-refractivity contribution in [1.29, 1.82) is 0 Å². The van der Waals surface area contributed by atoms with Gasteiger partial charge >= 0.3 is 0 Å². The number of imidazole rings is 1. The normalized spacial score (nSPS) is 26.1. The van der Waals surface area contributed by atoms with E-state index in [4.69, 9.17) is 16.2 Å². The standard InChI is InChI=1S/C17H27N7O6S/c1-3-8(2)10(18)16(27)23-31(28,29)5-4-9-12(25)13(26)17(30-9)24-7-22-11-14(19)20-6-21-15(11)24/h6-10,12-13,17,25-26H,3-5,18H2,1-2H3,(H,23,27)(H2,19,20,21)/t8-,9+,10-,12+,13+,17+/m0/s1. The molecule has 3 heterocycles. The van der Waals surface area contributed by atoms with E-state index in [1.54, 1.807) is 6.92 Å². The highest BCUT2D eigenvalue weighted by atomic mass is 32.2. The van der Waals surface area contributed by atoms with Crippen LogP contribution in [0.5, 0.6) is 0 Å². The summed E-state index contributed by atoms with van der Waals surface area (Å²) < 4.78 is 33.6. The van der Waals surface area contributed by atoms with Crippen molar-refractivity contribution in [1.82, 2.24) is 24.2 Å². The Morgan fingerprint density at radius 3 is 2.71 bits per heavy atom. The van der Waals surface area contributed by atoms with Crippen molar-refractivity contribution in [3.8, 4) is 0 Å². The molecule has 1 amide bonds. The molecule has 0 aromatic carbocycles. The van der Waals surface area contributed by atoms with E-state index in [2.05, 4.69) is 15.0 Å². The summed E-state index contributed by atoms with van der Waals surface area (Å²) >= 11 is 0. The molecule has 6 atom stereocenters. The lowest BCUT2D eigenvalue weighted by Gasteiger charge is -2.18. The van der Waals surface area contributed by atoms with Crippen molar-refractivity contribution < 1.29 is 28.2 Å². The minimum Gasteiger partial charge on any atom is -0.388 e. The van der Waals surface area contributed by atoms with Gasteiger partial charge in [-0.2, -0.15) is 0 Å². The van der Waals surface area contributed by atoms with Crippen LogP contribution >= 0.6 is 0 Å². The van der Waals surface area contributed by atoms with Crippen LogP contribution in [0.15, 0.2) is 12.7 Å². The van der Waals surface area contributed by atoms with E-state index in [1.807, 2.05) is 11.6 Å². The van der Waals surface area contributed by atoms with Crippen LogP contribution in [0, 0.1) is 5.92 Å². The summed E-state index contributed by atoms with van der Waals surface area (Å²) in [7, 11) is -4.02. The number of sulfonamides is 1. The van der Waals surface area contributed by atoms with Gasteiger partial charge < -0.3 is 26.4 Å². The van der Waals surface area contributed by atoms with Gasteiger partial charge in [0.15, 0.2) is 17.7 Å². The largest absolute Gasteiger partial charge is 0.388 e. The number of hydrogen-bond acceptors (Lipinski definition) is 11. The minimum absolute atomic E-state index is 0.144. The SMILES string of the molecule is CC[C@H](C)[C@H](N)C(=O)NS(=O)(=O)CC[C@H]1O[C@@H](n2cnc3c(N)ncnc32)[C@H](O)[C@@H]1O. The molecular formula is C17H27N7O6S. The number of nitrogens with two attached hydrogens (primary N) is 2. The Morgan fingerprint density at radius 2 is 2.03 bits per heavy atom. The second-order valence-electron chi connectivity index (χ2n) is 7.61. The van der Waals surface area contributed by atoms with Crippen molar-refractivity contribution in [2.45, 2.75) is 57.3 Å². The Balaban J connectivity index is 1.66. The molecule has 0 spiro atoms. The number of nitrogens with zero attached hydrogens (tertiary/aromatic N) is 4. The van der Waals surface area contributed by atoms with Gasteiger partial charge in [-0.15, -0.1) is 0 Å². The van der Waals surface area contributed by atoms with Crippen molar-refractivity contribution in [3.05, 3.63) is 12.7 Å². The van der Waals surface area contributed by atoms with Crippen LogP contribution in [0.25, 0.3) is 11.2 Å². The third kappa shape index (κ3) is 4.77. The van der Waals surface area contributed by atoms with E-state index in [0.717, 1.165) is 0 Å². The average Bonchev–Trinajstić information content (AvgIpc) is 3.27. The molecule has 7 N–H and O–H groups in total. The zero-order chi connectivity index (χ0) is 22.9. The first-order valence-electron chi connectivity index (χ1n) is 9.80. The third-order valence-electron chi connectivity index (χ3n) is 5.49. The number of ether oxygens (including phenoxy) is 1. The number of nitrogen functional groups attached to an aromatic ring is 1. The van der Waals surface area contributed by atoms with E-state index < -0.39 is 52.3 Å². The van der Waals surface area contributed by atoms with Crippen molar-refractivity contribution in [2.24, 2.45) is 11.7 Å². The lowest BCUT2D eigenvalue weighted by atomic mass is 10.00. The fourth-order valence-corrected chi connectivity index (χ4v) is 4.40. The molecule has 0 aliphatic carbocycles. The number of aromatic nitrogens is 4. The predicted octanol–water partition coefficient (Wildman–Crippen LogP) is -1.76. The van der Waals surface area contributed by atoms with Crippen LogP contribution in [0.4, 0.5) is 5.82 Å². The maximum atomic E-state index is 12.3. The maximum absolute atomic E-state index is 12.3. The number of anilines is 1. The molecule has 3 rings (SSSR count). The fraction of sp³-hybridized carbons (Fsp3) is 0.647. The van der Waals surface area contributed by atoms with Crippen LogP contribution in [-0.2, 0) is 19.6 Å². The average molecular weight is 458 g/mol. The van der Waals surface area contributed by atoms with E-state index >= 15 is 0 Å². The fourth-order valence-electron chi connectivity index (χ4n) is 3.31. The summed E-state index contributed by atoms with van der Waals surface area (Å²) in [4.78, 5) is 24.1. The smallest absolute Gasteiger partial charge is 0.250 e. The molecule has 0 radical (unpaired) electrons. The molecule has 31 heavy (non-hydrogen) atoms. The number of carbonyl (C=O) groups is 1. The molecule has 0 saturated carbocycles. The van der Waals surface area contributed by atoms with Gasteiger partial charge in [-0.1, -0.05) is 20.3 Å². The molecule has 2 aromatic rings. The highest BCUT2D eigenvalue weighted by Gasteiger charge is 2.44. The highest BCUT2D eigenvalue weighted by Crippen LogP contribution is 2.33. The number of aliphatic hydroxyl groups excluding tert-OH is 2. The third-order valence-corrected chi connectivity index (χ3v) is 6.77. The first kappa shape index (κ1) is 23.3. The first-order valence-corrected chi connectivity index (χ1v) is 11.5. The van der Waals surface area contributed by atoms with E-state index in [9.17, 15) is 23.4 Å². The summed E-state index contributed by atoms with van der Waals surface area (Å²) in [5.74, 6) is -1.34. The number of nitrogens with one attached hydrogen (secondary N) is 1. The summed E-state index contributed by atoms with van der Waals surface area (Å²) in [6.45, 7) is 3.59. The summed E-state index contributed by atoms with van der Waals surface area (Å²) in [6.07, 6.45) is -1.78. The number of aliphatic hydroxyl groups is 2. The lowest BCUT2D eigenvalue weighted by molar-refractivity contribution is -0.121. The first-order chi connectivity index (χ1) is 14.6. The van der Waals surface area contributed by atoms with Gasteiger partial charge in [0.2, 0.25) is 10.0 Å². The van der Waals surface area contributed by atoms with Gasteiger partial charge in [0, 0.05) is 0 Å². The Morgan fingerprint density at radius 1 is 1.32 bits per heavy atom. The van der Waals surface area contributed by atoms with Crippen LogP contribution in [0.3, 0.4) is 0 Å². The lowest BCUT2D eigenvalue weighted by Crippen LogP contribution is -2.47. The zero-order valence-corrected chi connectivity index (χ0v) is 17.9. The van der Waals surface area contributed by atoms with E-state index in [1.165, 1.54) is 17.2 Å². The second-order valence-corrected chi connectivity index (χ2v) is 9.46. The Bertz CT molecular complexity index is 1040. The van der Waals surface area contributed by atoms with Crippen molar-refractivity contribution in [2.75, 3.05) is 11.5 Å². The van der Waals surface area contributed by atoms with E-state index in [-0.39, 0.29) is 18.2 Å². The number of hydrogen-bond donors (Lipinski definition) is 5. The summed E-state index contributed by atoms with van der Waals surface area (Å²) in [5.41, 5.74) is 12.1. The highest BCUT2D eigenvalue weighted by molar-refractivity contribution is 7.90. The summed E-state index contributed by atoms with van der Waals surface area (Å²) in [6, 6.07) is -0.955. The van der Waals surface area contributed by atoms with Crippen LogP contribution in [0.2, 0.25) is 0 Å². The van der Waals surface area contributed by atoms with Crippen molar-refractivity contribution >= 4 is 32.9 Å².